The number of carbonyl (C=O) groups is 1. The van der Waals surface area contributed by atoms with Gasteiger partial charge in [-0.05, 0) is 12.1 Å². The first-order valence-corrected chi connectivity index (χ1v) is 4.35. The maximum atomic E-state index is 12.2. The summed E-state index contributed by atoms with van der Waals surface area (Å²) in [6.45, 7) is -0.590. The van der Waals surface area contributed by atoms with Gasteiger partial charge in [0.2, 0.25) is 0 Å². The summed E-state index contributed by atoms with van der Waals surface area (Å²) in [5.41, 5.74) is 0.914. The van der Waals surface area contributed by atoms with Crippen LogP contribution in [0.3, 0.4) is 0 Å². The molecule has 0 aliphatic rings. The number of rotatable bonds is 3. The zero-order valence-electron chi connectivity index (χ0n) is 7.72. The lowest BCUT2D eigenvalue weighted by Gasteiger charge is -2.00. The lowest BCUT2D eigenvalue weighted by atomic mass is 10.2. The van der Waals surface area contributed by atoms with Gasteiger partial charge in [0.1, 0.15) is 17.7 Å². The van der Waals surface area contributed by atoms with Gasteiger partial charge < -0.3 is 5.11 Å². The first-order valence-electron chi connectivity index (χ1n) is 4.35. The fraction of sp³-hybridized carbons (Fsp3) is 0.222. The Morgan fingerprint density at radius 1 is 1.53 bits per heavy atom. The maximum Gasteiger partial charge on any atom is 0.337 e. The van der Waals surface area contributed by atoms with Crippen molar-refractivity contribution in [1.29, 1.82) is 0 Å². The Hall–Kier alpha value is -1.98. The molecule has 0 bridgehead atoms. The smallest absolute Gasteiger partial charge is 0.337 e. The summed E-state index contributed by atoms with van der Waals surface area (Å²) >= 11 is 0. The molecule has 2 rings (SSSR count). The number of carboxylic acid groups (broad SMARTS) is 1. The van der Waals surface area contributed by atoms with Crippen LogP contribution in [0.25, 0.3) is 11.0 Å². The Kier molecular flexibility index (Phi) is 2.32. The van der Waals surface area contributed by atoms with Crippen molar-refractivity contribution >= 4 is 17.0 Å². The second-order valence-electron chi connectivity index (χ2n) is 2.98. The molecule has 5 nitrogen and oxygen atoms in total. The fourth-order valence-electron chi connectivity index (χ4n) is 1.44. The van der Waals surface area contributed by atoms with Crippen LogP contribution < -0.4 is 0 Å². The number of hydrogen-bond acceptors (Lipinski definition) is 3. The monoisotopic (exact) mass is 209 g/mol. The zero-order chi connectivity index (χ0) is 10.8. The van der Waals surface area contributed by atoms with Crippen molar-refractivity contribution in [3.8, 4) is 0 Å². The molecular formula is C9H8FN3O2. The van der Waals surface area contributed by atoms with Crippen LogP contribution in [-0.4, -0.2) is 32.7 Å². The molecule has 0 saturated carbocycles. The van der Waals surface area contributed by atoms with Gasteiger partial charge in [-0.2, -0.15) is 0 Å². The summed E-state index contributed by atoms with van der Waals surface area (Å²) in [6.07, 6.45) is 0. The molecule has 1 aromatic heterocycles. The summed E-state index contributed by atoms with van der Waals surface area (Å²) in [5.74, 6) is -1.07. The summed E-state index contributed by atoms with van der Waals surface area (Å²) in [6, 6.07) is 4.67. The standard InChI is InChI=1S/C9H8FN3O2/c10-4-5-13-8-6(9(14)15)2-1-3-7(8)11-12-13/h1-3H,4-5H2,(H,14,15). The Bertz CT molecular complexity index is 509. The molecule has 0 fully saturated rings. The van der Waals surface area contributed by atoms with Gasteiger partial charge in [0.25, 0.3) is 0 Å². The average Bonchev–Trinajstić information content (AvgIpc) is 2.62. The molecule has 0 aliphatic heterocycles. The van der Waals surface area contributed by atoms with Gasteiger partial charge in [-0.15, -0.1) is 5.10 Å². The van der Waals surface area contributed by atoms with E-state index < -0.39 is 12.6 Å². The van der Waals surface area contributed by atoms with E-state index in [1.165, 1.54) is 10.7 Å². The largest absolute Gasteiger partial charge is 0.478 e. The van der Waals surface area contributed by atoms with Crippen LogP contribution in [0, 0.1) is 0 Å². The summed E-state index contributed by atoms with van der Waals surface area (Å²) < 4.78 is 13.4. The van der Waals surface area contributed by atoms with E-state index in [0.29, 0.717) is 11.0 Å². The number of fused-ring (bicyclic) bond motifs is 1. The van der Waals surface area contributed by atoms with Crippen LogP contribution in [0.2, 0.25) is 0 Å². The number of hydrogen-bond donors (Lipinski definition) is 1. The highest BCUT2D eigenvalue weighted by atomic mass is 19.1. The predicted octanol–water partition coefficient (Wildman–Crippen LogP) is 1.10. The minimum atomic E-state index is -1.07. The van der Waals surface area contributed by atoms with Gasteiger partial charge in [0.05, 0.1) is 12.1 Å². The summed E-state index contributed by atoms with van der Waals surface area (Å²) in [5, 5.41) is 16.4. The number of aromatic nitrogens is 3. The Balaban J connectivity index is 2.69. The van der Waals surface area contributed by atoms with Crippen LogP contribution in [0.1, 0.15) is 10.4 Å². The van der Waals surface area contributed by atoms with Gasteiger partial charge >= 0.3 is 5.97 Å². The van der Waals surface area contributed by atoms with Crippen LogP contribution in [0.15, 0.2) is 18.2 Å². The number of aryl methyl sites for hydroxylation is 1. The minimum Gasteiger partial charge on any atom is -0.478 e. The molecule has 1 aromatic carbocycles. The Morgan fingerprint density at radius 3 is 3.00 bits per heavy atom. The van der Waals surface area contributed by atoms with Crippen LogP contribution in [0.4, 0.5) is 4.39 Å². The van der Waals surface area contributed by atoms with Gasteiger partial charge in [-0.25, -0.2) is 13.9 Å². The third-order valence-electron chi connectivity index (χ3n) is 2.06. The summed E-state index contributed by atoms with van der Waals surface area (Å²) in [7, 11) is 0. The van der Waals surface area contributed by atoms with Crippen molar-refractivity contribution in [2.45, 2.75) is 6.54 Å². The highest BCUT2D eigenvalue weighted by Crippen LogP contribution is 2.16. The third-order valence-corrected chi connectivity index (χ3v) is 2.06. The van der Waals surface area contributed by atoms with E-state index in [4.69, 9.17) is 5.11 Å². The molecule has 0 radical (unpaired) electrons. The quantitative estimate of drug-likeness (QED) is 0.821. The molecule has 0 atom stereocenters. The van der Waals surface area contributed by atoms with Gasteiger partial charge in [0.15, 0.2) is 0 Å². The summed E-state index contributed by atoms with van der Waals surface area (Å²) in [4.78, 5) is 10.9. The first-order chi connectivity index (χ1) is 7.24. The molecule has 1 N–H and O–H groups in total. The van der Waals surface area contributed by atoms with Crippen molar-refractivity contribution in [3.63, 3.8) is 0 Å². The highest BCUT2D eigenvalue weighted by molar-refractivity contribution is 6.00. The average molecular weight is 209 g/mol. The maximum absolute atomic E-state index is 12.2. The molecule has 2 aromatic rings. The number of carboxylic acids is 1. The second kappa shape index (κ2) is 3.64. The van der Waals surface area contributed by atoms with Crippen molar-refractivity contribution in [2.24, 2.45) is 0 Å². The topological polar surface area (TPSA) is 68.0 Å². The number of benzene rings is 1. The van der Waals surface area contributed by atoms with Crippen LogP contribution in [0.5, 0.6) is 0 Å². The van der Waals surface area contributed by atoms with Crippen LogP contribution >= 0.6 is 0 Å². The number of halogens is 1. The van der Waals surface area contributed by atoms with E-state index in [1.807, 2.05) is 0 Å². The highest BCUT2D eigenvalue weighted by Gasteiger charge is 2.13. The molecule has 0 aliphatic carbocycles. The van der Waals surface area contributed by atoms with E-state index in [-0.39, 0.29) is 12.1 Å². The van der Waals surface area contributed by atoms with E-state index in [0.717, 1.165) is 0 Å². The zero-order valence-corrected chi connectivity index (χ0v) is 7.72. The first kappa shape index (κ1) is 9.57. The number of aromatic carboxylic acids is 1. The van der Waals surface area contributed by atoms with Gasteiger partial charge in [-0.1, -0.05) is 11.3 Å². The number of para-hydroxylation sites is 1. The minimum absolute atomic E-state index is 0.0147. The van der Waals surface area contributed by atoms with E-state index in [2.05, 4.69) is 10.3 Å². The Labute approximate surface area is 84.1 Å². The Morgan fingerprint density at radius 2 is 2.33 bits per heavy atom. The molecule has 15 heavy (non-hydrogen) atoms. The van der Waals surface area contributed by atoms with Crippen molar-refractivity contribution in [3.05, 3.63) is 23.8 Å². The number of alkyl halides is 1. The van der Waals surface area contributed by atoms with Crippen LogP contribution in [-0.2, 0) is 6.54 Å². The van der Waals surface area contributed by atoms with Crippen molar-refractivity contribution < 1.29 is 14.3 Å². The van der Waals surface area contributed by atoms with Gasteiger partial charge in [-0.3, -0.25) is 0 Å². The molecule has 0 spiro atoms. The van der Waals surface area contributed by atoms with E-state index >= 15 is 0 Å². The lowest BCUT2D eigenvalue weighted by Crippen LogP contribution is -2.06. The molecular weight excluding hydrogens is 201 g/mol. The molecule has 78 valence electrons. The molecule has 0 saturated heterocycles. The third kappa shape index (κ3) is 1.54. The van der Waals surface area contributed by atoms with Crippen molar-refractivity contribution in [2.75, 3.05) is 6.67 Å². The van der Waals surface area contributed by atoms with Crippen molar-refractivity contribution in [1.82, 2.24) is 15.0 Å². The normalized spacial score (nSPS) is 10.7. The lowest BCUT2D eigenvalue weighted by molar-refractivity contribution is 0.0698. The fourth-order valence-corrected chi connectivity index (χ4v) is 1.44. The predicted molar refractivity (Wildman–Crippen MR) is 50.5 cm³/mol. The van der Waals surface area contributed by atoms with E-state index in [1.54, 1.807) is 12.1 Å². The number of nitrogens with zero attached hydrogens (tertiary/aromatic N) is 3. The SMILES string of the molecule is O=C(O)c1cccc2nnn(CCF)c12. The molecule has 0 unspecified atom stereocenters. The van der Waals surface area contributed by atoms with Gasteiger partial charge in [0, 0.05) is 0 Å². The van der Waals surface area contributed by atoms with E-state index in [9.17, 15) is 9.18 Å². The molecule has 1 heterocycles. The molecule has 6 heteroatoms. The second-order valence-corrected chi connectivity index (χ2v) is 2.98. The molecule has 0 amide bonds.